The topological polar surface area (TPSA) is 114 Å². The summed E-state index contributed by atoms with van der Waals surface area (Å²) in [7, 11) is -2.37. The van der Waals surface area contributed by atoms with Crippen molar-refractivity contribution in [1.29, 1.82) is 0 Å². The lowest BCUT2D eigenvalue weighted by molar-refractivity contribution is -0.142. The van der Waals surface area contributed by atoms with E-state index in [-0.39, 0.29) is 35.4 Å². The van der Waals surface area contributed by atoms with Crippen molar-refractivity contribution < 1.29 is 31.9 Å². The lowest BCUT2D eigenvalue weighted by Gasteiger charge is -2.31. The standard InChI is InChI=1S/C35H38FN3O6S/c1-3-4-22-37-35(41)33(23-26-8-6-5-7-9-26)39(24-27-10-16-30(44-2)17-11-27)34(40)25-45-31-18-20-32(21-19-31)46(42,43)38-29-14-12-28(36)13-15-29/h5-21,33,38H,3-4,22-25H2,1-2H3,(H,37,41)/t33-/m0/s1. The Balaban J connectivity index is 1.53. The van der Waals surface area contributed by atoms with Crippen molar-refractivity contribution >= 4 is 27.5 Å². The molecular weight excluding hydrogens is 609 g/mol. The number of anilines is 1. The molecule has 46 heavy (non-hydrogen) atoms. The number of unbranched alkanes of at least 4 members (excludes halogenated alkanes) is 1. The van der Waals surface area contributed by atoms with E-state index in [9.17, 15) is 22.4 Å². The zero-order chi connectivity index (χ0) is 32.9. The second kappa shape index (κ2) is 16.4. The molecule has 0 fully saturated rings. The van der Waals surface area contributed by atoms with Crippen LogP contribution in [0.15, 0.2) is 108 Å². The predicted octanol–water partition coefficient (Wildman–Crippen LogP) is 5.57. The summed E-state index contributed by atoms with van der Waals surface area (Å²) >= 11 is 0. The first-order valence-corrected chi connectivity index (χ1v) is 16.4. The molecule has 0 heterocycles. The van der Waals surface area contributed by atoms with Gasteiger partial charge in [0.15, 0.2) is 6.61 Å². The van der Waals surface area contributed by atoms with Crippen molar-refractivity contribution in [3.63, 3.8) is 0 Å². The van der Waals surface area contributed by atoms with Crippen molar-refractivity contribution in [1.82, 2.24) is 10.2 Å². The highest BCUT2D eigenvalue weighted by molar-refractivity contribution is 7.92. The molecule has 0 radical (unpaired) electrons. The summed E-state index contributed by atoms with van der Waals surface area (Å²) in [5.41, 5.74) is 1.92. The van der Waals surface area contributed by atoms with Gasteiger partial charge in [0.25, 0.3) is 15.9 Å². The van der Waals surface area contributed by atoms with E-state index in [4.69, 9.17) is 9.47 Å². The van der Waals surface area contributed by atoms with Crippen LogP contribution in [-0.2, 0) is 32.6 Å². The van der Waals surface area contributed by atoms with Gasteiger partial charge in [-0.2, -0.15) is 0 Å². The number of amides is 2. The lowest BCUT2D eigenvalue weighted by Crippen LogP contribution is -2.51. The minimum Gasteiger partial charge on any atom is -0.497 e. The Hall–Kier alpha value is -4.90. The van der Waals surface area contributed by atoms with E-state index in [1.165, 1.54) is 41.3 Å². The molecule has 4 rings (SSSR count). The maximum absolute atomic E-state index is 13.8. The molecule has 0 aliphatic rings. The number of rotatable bonds is 16. The van der Waals surface area contributed by atoms with Gasteiger partial charge in [-0.05, 0) is 78.2 Å². The van der Waals surface area contributed by atoms with Gasteiger partial charge in [-0.15, -0.1) is 0 Å². The van der Waals surface area contributed by atoms with E-state index in [2.05, 4.69) is 10.0 Å². The summed E-state index contributed by atoms with van der Waals surface area (Å²) in [6.45, 7) is 2.29. The van der Waals surface area contributed by atoms with Crippen LogP contribution in [0.2, 0.25) is 0 Å². The Morgan fingerprint density at radius 1 is 0.848 bits per heavy atom. The molecule has 11 heteroatoms. The molecule has 0 spiro atoms. The monoisotopic (exact) mass is 647 g/mol. The van der Waals surface area contributed by atoms with Gasteiger partial charge in [0, 0.05) is 25.2 Å². The molecule has 0 saturated carbocycles. The van der Waals surface area contributed by atoms with Crippen molar-refractivity contribution in [2.75, 3.05) is 25.0 Å². The maximum Gasteiger partial charge on any atom is 0.261 e. The van der Waals surface area contributed by atoms with E-state index >= 15 is 0 Å². The number of nitrogens with one attached hydrogen (secondary N) is 2. The Morgan fingerprint density at radius 2 is 1.50 bits per heavy atom. The molecule has 9 nitrogen and oxygen atoms in total. The number of carbonyl (C=O) groups excluding carboxylic acids is 2. The van der Waals surface area contributed by atoms with Gasteiger partial charge in [-0.1, -0.05) is 55.8 Å². The number of hydrogen-bond acceptors (Lipinski definition) is 6. The minimum atomic E-state index is -3.94. The summed E-state index contributed by atoms with van der Waals surface area (Å²) in [6, 6.07) is 26.5. The number of nitrogens with zero attached hydrogens (tertiary/aromatic N) is 1. The highest BCUT2D eigenvalue weighted by atomic mass is 32.2. The van der Waals surface area contributed by atoms with Gasteiger partial charge in [0.2, 0.25) is 5.91 Å². The van der Waals surface area contributed by atoms with Gasteiger partial charge in [0.1, 0.15) is 23.4 Å². The van der Waals surface area contributed by atoms with Crippen molar-refractivity contribution in [3.8, 4) is 11.5 Å². The van der Waals surface area contributed by atoms with Crippen LogP contribution >= 0.6 is 0 Å². The molecule has 0 saturated heterocycles. The normalized spacial score (nSPS) is 11.7. The van der Waals surface area contributed by atoms with E-state index in [0.29, 0.717) is 18.7 Å². The van der Waals surface area contributed by atoms with E-state index < -0.39 is 27.8 Å². The molecule has 1 atom stereocenters. The zero-order valence-corrected chi connectivity index (χ0v) is 26.6. The summed E-state index contributed by atoms with van der Waals surface area (Å²) in [5, 5.41) is 2.98. The highest BCUT2D eigenvalue weighted by Gasteiger charge is 2.30. The zero-order valence-electron chi connectivity index (χ0n) is 25.8. The van der Waals surface area contributed by atoms with E-state index in [1.54, 1.807) is 19.2 Å². The Morgan fingerprint density at radius 3 is 2.13 bits per heavy atom. The molecule has 4 aromatic rings. The van der Waals surface area contributed by atoms with Crippen LogP contribution in [0.3, 0.4) is 0 Å². The van der Waals surface area contributed by atoms with Crippen LogP contribution in [0.1, 0.15) is 30.9 Å². The molecule has 242 valence electrons. The average Bonchev–Trinajstić information content (AvgIpc) is 3.07. The molecule has 0 unspecified atom stereocenters. The van der Waals surface area contributed by atoms with Crippen LogP contribution in [0, 0.1) is 5.82 Å². The largest absolute Gasteiger partial charge is 0.497 e. The lowest BCUT2D eigenvalue weighted by atomic mass is 10.0. The molecule has 0 aromatic heterocycles. The summed E-state index contributed by atoms with van der Waals surface area (Å²) in [4.78, 5) is 28.9. The summed E-state index contributed by atoms with van der Waals surface area (Å²) in [5.74, 6) is -0.226. The first kappa shape index (κ1) is 34.0. The first-order chi connectivity index (χ1) is 22.2. The maximum atomic E-state index is 13.8. The van der Waals surface area contributed by atoms with Gasteiger partial charge >= 0.3 is 0 Å². The quantitative estimate of drug-likeness (QED) is 0.154. The van der Waals surface area contributed by atoms with Crippen LogP contribution in [0.4, 0.5) is 10.1 Å². The first-order valence-electron chi connectivity index (χ1n) is 14.9. The smallest absolute Gasteiger partial charge is 0.261 e. The second-order valence-electron chi connectivity index (χ2n) is 10.6. The third-order valence-corrected chi connectivity index (χ3v) is 8.60. The number of sulfonamides is 1. The van der Waals surface area contributed by atoms with Crippen molar-refractivity contribution in [2.24, 2.45) is 0 Å². The minimum absolute atomic E-state index is 0.0386. The Labute approximate surface area is 269 Å². The third kappa shape index (κ3) is 9.80. The predicted molar refractivity (Wildman–Crippen MR) is 175 cm³/mol. The van der Waals surface area contributed by atoms with Gasteiger partial charge in [0.05, 0.1) is 12.0 Å². The molecular formula is C35H38FN3O6S. The Kier molecular flexibility index (Phi) is 12.1. The number of benzene rings is 4. The molecule has 4 aromatic carbocycles. The third-order valence-electron chi connectivity index (χ3n) is 7.21. The van der Waals surface area contributed by atoms with Crippen LogP contribution in [0.5, 0.6) is 11.5 Å². The highest BCUT2D eigenvalue weighted by Crippen LogP contribution is 2.21. The molecule has 0 aliphatic heterocycles. The van der Waals surface area contributed by atoms with Crippen molar-refractivity contribution in [3.05, 3.63) is 120 Å². The number of carbonyl (C=O) groups is 2. The van der Waals surface area contributed by atoms with Gasteiger partial charge in [-0.25, -0.2) is 12.8 Å². The number of methoxy groups -OCH3 is 1. The van der Waals surface area contributed by atoms with Crippen LogP contribution in [0.25, 0.3) is 0 Å². The average molecular weight is 648 g/mol. The van der Waals surface area contributed by atoms with Gasteiger partial charge < -0.3 is 19.7 Å². The molecule has 0 bridgehead atoms. The molecule has 2 N–H and O–H groups in total. The number of ether oxygens (including phenoxy) is 2. The number of hydrogen-bond donors (Lipinski definition) is 2. The number of halogens is 1. The molecule has 0 aliphatic carbocycles. The van der Waals surface area contributed by atoms with Crippen LogP contribution < -0.4 is 19.5 Å². The van der Waals surface area contributed by atoms with E-state index in [0.717, 1.165) is 36.1 Å². The summed E-state index contributed by atoms with van der Waals surface area (Å²) < 4.78 is 52.3. The fraction of sp³-hybridized carbons (Fsp3) is 0.257. The molecule has 2 amide bonds. The van der Waals surface area contributed by atoms with E-state index in [1.807, 2.05) is 49.4 Å². The SMILES string of the molecule is CCCCNC(=O)[C@H](Cc1ccccc1)N(Cc1ccc(OC)cc1)C(=O)COc1ccc(S(=O)(=O)Nc2ccc(F)cc2)cc1. The van der Waals surface area contributed by atoms with Crippen LogP contribution in [-0.4, -0.2) is 51.4 Å². The van der Waals surface area contributed by atoms with Crippen molar-refractivity contribution in [2.45, 2.75) is 43.7 Å². The fourth-order valence-electron chi connectivity index (χ4n) is 4.66. The van der Waals surface area contributed by atoms with Gasteiger partial charge in [-0.3, -0.25) is 14.3 Å². The fourth-order valence-corrected chi connectivity index (χ4v) is 5.72. The Bertz CT molecular complexity index is 1670. The summed E-state index contributed by atoms with van der Waals surface area (Å²) in [6.07, 6.45) is 2.02. The second-order valence-corrected chi connectivity index (χ2v) is 12.3.